The molecule has 3 nitrogen and oxygen atoms in total. The van der Waals surface area contributed by atoms with Gasteiger partial charge in [-0.1, -0.05) is 22.9 Å². The minimum atomic E-state index is -0.117. The molecule has 0 aliphatic heterocycles. The van der Waals surface area contributed by atoms with E-state index in [1.807, 2.05) is 39.0 Å². The largest absolute Gasteiger partial charge is 0.466 e. The lowest BCUT2D eigenvalue weighted by atomic mass is 10.1. The van der Waals surface area contributed by atoms with Gasteiger partial charge in [-0.25, -0.2) is 0 Å². The molecule has 0 bridgehead atoms. The van der Waals surface area contributed by atoms with Gasteiger partial charge < -0.3 is 9.73 Å². The topological polar surface area (TPSA) is 42.2 Å². The number of aryl methyl sites for hydroxylation is 3. The molecule has 1 N–H and O–H groups in total. The Kier molecular flexibility index (Phi) is 4.33. The Morgan fingerprint density at radius 1 is 1.25 bits per heavy atom. The number of furan rings is 1. The van der Waals surface area contributed by atoms with Crippen molar-refractivity contribution >= 4 is 27.5 Å². The van der Waals surface area contributed by atoms with E-state index in [0.29, 0.717) is 11.3 Å². The molecular weight excluding hydrogens is 318 g/mol. The van der Waals surface area contributed by atoms with Crippen LogP contribution in [0.4, 0.5) is 5.69 Å². The number of carbonyl (C=O) groups is 1. The molecule has 0 atom stereocenters. The van der Waals surface area contributed by atoms with E-state index in [9.17, 15) is 4.79 Å². The number of hydrogen-bond donors (Lipinski definition) is 1. The van der Waals surface area contributed by atoms with E-state index in [2.05, 4.69) is 28.2 Å². The van der Waals surface area contributed by atoms with Gasteiger partial charge in [-0.05, 0) is 51.0 Å². The van der Waals surface area contributed by atoms with E-state index >= 15 is 0 Å². The average molecular weight is 336 g/mol. The predicted molar refractivity (Wildman–Crippen MR) is 84.4 cm³/mol. The van der Waals surface area contributed by atoms with Crippen LogP contribution in [0.15, 0.2) is 27.1 Å². The molecule has 1 heterocycles. The van der Waals surface area contributed by atoms with Crippen LogP contribution in [0.5, 0.6) is 0 Å². The number of hydrogen-bond acceptors (Lipinski definition) is 2. The molecule has 1 aromatic heterocycles. The van der Waals surface area contributed by atoms with Gasteiger partial charge in [0.1, 0.15) is 11.5 Å². The maximum atomic E-state index is 12.4. The third-order valence-electron chi connectivity index (χ3n) is 3.48. The van der Waals surface area contributed by atoms with Crippen molar-refractivity contribution in [1.82, 2.24) is 0 Å². The van der Waals surface area contributed by atoms with Gasteiger partial charge in [-0.3, -0.25) is 4.79 Å². The summed E-state index contributed by atoms with van der Waals surface area (Å²) in [6.07, 6.45) is 0.859. The van der Waals surface area contributed by atoms with Crippen LogP contribution in [-0.4, -0.2) is 5.91 Å². The molecule has 4 heteroatoms. The fraction of sp³-hybridized carbons (Fsp3) is 0.312. The van der Waals surface area contributed by atoms with Gasteiger partial charge in [0.05, 0.1) is 5.56 Å². The minimum absolute atomic E-state index is 0.117. The number of rotatable bonds is 3. The summed E-state index contributed by atoms with van der Waals surface area (Å²) in [5.74, 6) is 1.33. The number of nitrogens with one attached hydrogen (secondary N) is 1. The Morgan fingerprint density at radius 3 is 2.50 bits per heavy atom. The second-order valence-electron chi connectivity index (χ2n) is 4.82. The summed E-state index contributed by atoms with van der Waals surface area (Å²) in [6, 6.07) is 5.86. The third-order valence-corrected chi connectivity index (χ3v) is 3.98. The Labute approximate surface area is 127 Å². The van der Waals surface area contributed by atoms with Gasteiger partial charge in [0.15, 0.2) is 0 Å². The second kappa shape index (κ2) is 5.83. The van der Waals surface area contributed by atoms with E-state index in [-0.39, 0.29) is 5.91 Å². The van der Waals surface area contributed by atoms with Crippen LogP contribution in [0.1, 0.15) is 39.9 Å². The summed E-state index contributed by atoms with van der Waals surface area (Å²) < 4.78 is 6.52. The number of benzene rings is 1. The standard InChI is InChI=1S/C16H18BrNO2/c1-5-12-8-13(17)6-7-14(12)18-16(19)15-9(2)10(3)20-11(15)4/h6-8H,5H2,1-4H3,(H,18,19). The first-order chi connectivity index (χ1) is 9.43. The van der Waals surface area contributed by atoms with Crippen LogP contribution in [-0.2, 0) is 6.42 Å². The molecule has 0 saturated carbocycles. The molecule has 106 valence electrons. The van der Waals surface area contributed by atoms with Crippen LogP contribution in [0.25, 0.3) is 0 Å². The molecule has 0 unspecified atom stereocenters. The number of carbonyl (C=O) groups excluding carboxylic acids is 1. The highest BCUT2D eigenvalue weighted by atomic mass is 79.9. The zero-order chi connectivity index (χ0) is 14.9. The summed E-state index contributed by atoms with van der Waals surface area (Å²) >= 11 is 3.45. The maximum Gasteiger partial charge on any atom is 0.259 e. The first-order valence-corrected chi connectivity index (χ1v) is 7.39. The van der Waals surface area contributed by atoms with Crippen molar-refractivity contribution in [2.75, 3.05) is 5.32 Å². The summed E-state index contributed by atoms with van der Waals surface area (Å²) in [5.41, 5.74) is 3.48. The smallest absolute Gasteiger partial charge is 0.259 e. The molecule has 1 amide bonds. The Morgan fingerprint density at radius 2 is 1.95 bits per heavy atom. The van der Waals surface area contributed by atoms with Gasteiger partial charge in [-0.2, -0.15) is 0 Å². The van der Waals surface area contributed by atoms with Gasteiger partial charge in [0, 0.05) is 15.7 Å². The fourth-order valence-electron chi connectivity index (χ4n) is 2.29. The molecule has 0 aliphatic rings. The SMILES string of the molecule is CCc1cc(Br)ccc1NC(=O)c1c(C)oc(C)c1C. The summed E-state index contributed by atoms with van der Waals surface area (Å²) in [5, 5.41) is 2.98. The van der Waals surface area contributed by atoms with Gasteiger partial charge >= 0.3 is 0 Å². The molecule has 0 fully saturated rings. The number of amides is 1. The van der Waals surface area contributed by atoms with E-state index in [1.54, 1.807) is 0 Å². The molecule has 0 aliphatic carbocycles. The van der Waals surface area contributed by atoms with E-state index in [0.717, 1.165) is 33.5 Å². The summed E-state index contributed by atoms with van der Waals surface area (Å²) in [7, 11) is 0. The monoisotopic (exact) mass is 335 g/mol. The van der Waals surface area contributed by atoms with Crippen molar-refractivity contribution in [3.8, 4) is 0 Å². The number of halogens is 1. The number of anilines is 1. The lowest BCUT2D eigenvalue weighted by molar-refractivity contribution is 0.102. The van der Waals surface area contributed by atoms with Crippen molar-refractivity contribution in [3.63, 3.8) is 0 Å². The normalized spacial score (nSPS) is 10.7. The maximum absolute atomic E-state index is 12.4. The van der Waals surface area contributed by atoms with Gasteiger partial charge in [0.25, 0.3) is 5.91 Å². The predicted octanol–water partition coefficient (Wildman–Crippen LogP) is 4.78. The quantitative estimate of drug-likeness (QED) is 0.876. The molecule has 0 radical (unpaired) electrons. The Balaban J connectivity index is 2.33. The van der Waals surface area contributed by atoms with Crippen molar-refractivity contribution < 1.29 is 9.21 Å². The zero-order valence-electron chi connectivity index (χ0n) is 12.1. The summed E-state index contributed by atoms with van der Waals surface area (Å²) in [4.78, 5) is 12.4. The van der Waals surface area contributed by atoms with Crippen LogP contribution in [0.2, 0.25) is 0 Å². The highest BCUT2D eigenvalue weighted by Crippen LogP contribution is 2.25. The minimum Gasteiger partial charge on any atom is -0.466 e. The van der Waals surface area contributed by atoms with Gasteiger partial charge in [0.2, 0.25) is 0 Å². The second-order valence-corrected chi connectivity index (χ2v) is 5.74. The van der Waals surface area contributed by atoms with Crippen LogP contribution in [0, 0.1) is 20.8 Å². The third kappa shape index (κ3) is 2.80. The molecule has 20 heavy (non-hydrogen) atoms. The Hall–Kier alpha value is -1.55. The van der Waals surface area contributed by atoms with E-state index < -0.39 is 0 Å². The van der Waals surface area contributed by atoms with Crippen molar-refractivity contribution in [2.24, 2.45) is 0 Å². The van der Waals surface area contributed by atoms with Crippen LogP contribution < -0.4 is 5.32 Å². The lowest BCUT2D eigenvalue weighted by Gasteiger charge is -2.10. The zero-order valence-corrected chi connectivity index (χ0v) is 13.7. The molecule has 2 rings (SSSR count). The van der Waals surface area contributed by atoms with E-state index in [1.165, 1.54) is 0 Å². The highest BCUT2D eigenvalue weighted by molar-refractivity contribution is 9.10. The fourth-order valence-corrected chi connectivity index (χ4v) is 2.70. The van der Waals surface area contributed by atoms with Crippen molar-refractivity contribution in [2.45, 2.75) is 34.1 Å². The lowest BCUT2D eigenvalue weighted by Crippen LogP contribution is -2.14. The summed E-state index contributed by atoms with van der Waals surface area (Å²) in [6.45, 7) is 7.66. The van der Waals surface area contributed by atoms with Crippen LogP contribution in [0.3, 0.4) is 0 Å². The highest BCUT2D eigenvalue weighted by Gasteiger charge is 2.19. The molecule has 1 aromatic carbocycles. The first kappa shape index (κ1) is 14.9. The van der Waals surface area contributed by atoms with Crippen molar-refractivity contribution in [1.29, 1.82) is 0 Å². The average Bonchev–Trinajstić information content (AvgIpc) is 2.65. The molecule has 2 aromatic rings. The molecule has 0 spiro atoms. The first-order valence-electron chi connectivity index (χ1n) is 6.60. The van der Waals surface area contributed by atoms with Gasteiger partial charge in [-0.15, -0.1) is 0 Å². The Bertz CT molecular complexity index is 659. The molecule has 0 saturated heterocycles. The van der Waals surface area contributed by atoms with E-state index in [4.69, 9.17) is 4.42 Å². The van der Waals surface area contributed by atoms with Crippen molar-refractivity contribution in [3.05, 3.63) is 50.9 Å². The van der Waals surface area contributed by atoms with Crippen LogP contribution >= 0.6 is 15.9 Å². The molecular formula is C16H18BrNO2.